The van der Waals surface area contributed by atoms with Gasteiger partial charge in [0.25, 0.3) is 5.56 Å². The van der Waals surface area contributed by atoms with E-state index in [2.05, 4.69) is 4.98 Å². The van der Waals surface area contributed by atoms with Gasteiger partial charge < -0.3 is 5.11 Å². The molecule has 7 nitrogen and oxygen atoms in total. The van der Waals surface area contributed by atoms with Crippen LogP contribution in [0.25, 0.3) is 0 Å². The van der Waals surface area contributed by atoms with E-state index in [9.17, 15) is 14.4 Å². The zero-order valence-corrected chi connectivity index (χ0v) is 12.3. The van der Waals surface area contributed by atoms with Gasteiger partial charge in [0.1, 0.15) is 5.69 Å². The third-order valence-corrected chi connectivity index (χ3v) is 3.99. The molecular weight excluding hydrogens is 294 g/mol. The Kier molecular flexibility index (Phi) is 4.27. The lowest BCUT2D eigenvalue weighted by atomic mass is 10.3. The average Bonchev–Trinajstić information content (AvgIpc) is 2.47. The van der Waals surface area contributed by atoms with Crippen molar-refractivity contribution in [3.05, 3.63) is 56.6 Å². The van der Waals surface area contributed by atoms with Crippen molar-refractivity contribution >= 4 is 17.7 Å². The summed E-state index contributed by atoms with van der Waals surface area (Å²) in [4.78, 5) is 38.7. The van der Waals surface area contributed by atoms with Crippen LogP contribution < -0.4 is 11.2 Å². The largest absolute Gasteiger partial charge is 0.477 e. The second-order valence-corrected chi connectivity index (χ2v) is 5.39. The molecule has 0 saturated carbocycles. The number of pyridine rings is 1. The normalized spacial score (nSPS) is 10.6. The first kappa shape index (κ1) is 15.0. The molecular formula is C13H13N3O4S. The van der Waals surface area contributed by atoms with Gasteiger partial charge in [0.15, 0.2) is 0 Å². The van der Waals surface area contributed by atoms with E-state index < -0.39 is 5.97 Å². The Labute approximate surface area is 123 Å². The monoisotopic (exact) mass is 307 g/mol. The molecule has 8 heteroatoms. The highest BCUT2D eigenvalue weighted by molar-refractivity contribution is 7.98. The van der Waals surface area contributed by atoms with Crippen LogP contribution in [0.2, 0.25) is 0 Å². The Balaban J connectivity index is 2.25. The molecule has 0 fully saturated rings. The molecule has 0 aliphatic heterocycles. The fourth-order valence-corrected chi connectivity index (χ4v) is 2.64. The maximum Gasteiger partial charge on any atom is 0.354 e. The molecule has 0 saturated heterocycles. The van der Waals surface area contributed by atoms with Gasteiger partial charge in [0, 0.05) is 42.7 Å². The molecule has 0 aliphatic rings. The van der Waals surface area contributed by atoms with E-state index in [4.69, 9.17) is 5.11 Å². The molecule has 0 spiro atoms. The summed E-state index contributed by atoms with van der Waals surface area (Å²) in [5.41, 5.74) is -0.228. The highest BCUT2D eigenvalue weighted by Crippen LogP contribution is 2.21. The van der Waals surface area contributed by atoms with Crippen molar-refractivity contribution in [3.63, 3.8) is 0 Å². The number of carbonyl (C=O) groups is 1. The molecule has 0 radical (unpaired) electrons. The van der Waals surface area contributed by atoms with Crippen LogP contribution in [-0.2, 0) is 19.8 Å². The molecule has 0 aliphatic carbocycles. The van der Waals surface area contributed by atoms with Crippen LogP contribution in [-0.4, -0.2) is 25.2 Å². The topological polar surface area (TPSA) is 94.2 Å². The number of thioether (sulfide) groups is 1. The average molecular weight is 307 g/mol. The number of carboxylic acid groups (broad SMARTS) is 1. The number of nitrogens with zero attached hydrogens (tertiary/aromatic N) is 3. The van der Waals surface area contributed by atoms with Crippen LogP contribution in [0.15, 0.2) is 38.9 Å². The molecule has 0 atom stereocenters. The Morgan fingerprint density at radius 1 is 1.29 bits per heavy atom. The van der Waals surface area contributed by atoms with Crippen molar-refractivity contribution < 1.29 is 9.90 Å². The van der Waals surface area contributed by atoms with Gasteiger partial charge in [-0.25, -0.2) is 14.6 Å². The van der Waals surface area contributed by atoms with Crippen LogP contribution in [0.1, 0.15) is 16.2 Å². The van der Waals surface area contributed by atoms with E-state index in [1.54, 1.807) is 13.1 Å². The van der Waals surface area contributed by atoms with E-state index in [0.29, 0.717) is 16.3 Å². The third-order valence-electron chi connectivity index (χ3n) is 2.96. The number of hydrogen-bond acceptors (Lipinski definition) is 5. The molecule has 0 aromatic carbocycles. The predicted molar refractivity (Wildman–Crippen MR) is 77.7 cm³/mol. The van der Waals surface area contributed by atoms with Gasteiger partial charge in [-0.1, -0.05) is 0 Å². The Bertz CT molecular complexity index is 810. The minimum Gasteiger partial charge on any atom is -0.477 e. The molecule has 1 N–H and O–H groups in total. The molecule has 0 amide bonds. The maximum absolute atomic E-state index is 11.8. The fraction of sp³-hybridized carbons (Fsp3) is 0.231. The van der Waals surface area contributed by atoms with Gasteiger partial charge in [-0.15, -0.1) is 11.8 Å². The third kappa shape index (κ3) is 3.22. The first-order chi connectivity index (χ1) is 9.90. The lowest BCUT2D eigenvalue weighted by Gasteiger charge is -2.09. The first-order valence-corrected chi connectivity index (χ1v) is 6.97. The van der Waals surface area contributed by atoms with Gasteiger partial charge in [0.2, 0.25) is 0 Å². The van der Waals surface area contributed by atoms with E-state index in [1.165, 1.54) is 41.7 Å². The Morgan fingerprint density at radius 2 is 2.00 bits per heavy atom. The van der Waals surface area contributed by atoms with Crippen LogP contribution >= 0.6 is 11.8 Å². The number of aromatic carboxylic acids is 1. The number of aromatic nitrogens is 3. The lowest BCUT2D eigenvalue weighted by Crippen LogP contribution is -2.37. The summed E-state index contributed by atoms with van der Waals surface area (Å²) >= 11 is 1.33. The van der Waals surface area contributed by atoms with Gasteiger partial charge in [-0.05, 0) is 12.1 Å². The minimum atomic E-state index is -1.10. The Morgan fingerprint density at radius 3 is 2.67 bits per heavy atom. The van der Waals surface area contributed by atoms with E-state index in [-0.39, 0.29) is 16.9 Å². The van der Waals surface area contributed by atoms with Crippen LogP contribution in [0.4, 0.5) is 0 Å². The molecule has 2 rings (SSSR count). The minimum absolute atomic E-state index is 0.0436. The SMILES string of the molecule is Cn1c(CSc2ccnc(C(=O)O)c2)cc(=O)n(C)c1=O. The summed E-state index contributed by atoms with van der Waals surface area (Å²) in [6.07, 6.45) is 1.41. The lowest BCUT2D eigenvalue weighted by molar-refractivity contribution is 0.0690. The number of carboxylic acids is 1. The number of hydrogen-bond donors (Lipinski definition) is 1. The Hall–Kier alpha value is -2.35. The molecule has 2 heterocycles. The molecule has 2 aromatic heterocycles. The summed E-state index contributed by atoms with van der Waals surface area (Å²) in [5.74, 6) is -0.719. The van der Waals surface area contributed by atoms with E-state index in [0.717, 1.165) is 4.57 Å². The quantitative estimate of drug-likeness (QED) is 0.825. The van der Waals surface area contributed by atoms with Gasteiger partial charge in [-0.3, -0.25) is 13.9 Å². The zero-order chi connectivity index (χ0) is 15.6. The number of rotatable bonds is 4. The molecule has 0 bridgehead atoms. The van der Waals surface area contributed by atoms with E-state index in [1.807, 2.05) is 0 Å². The summed E-state index contributed by atoms with van der Waals surface area (Å²) in [7, 11) is 3.01. The summed E-state index contributed by atoms with van der Waals surface area (Å²) < 4.78 is 2.43. The van der Waals surface area contributed by atoms with Crippen molar-refractivity contribution in [2.75, 3.05) is 0 Å². The van der Waals surface area contributed by atoms with Gasteiger partial charge in [-0.2, -0.15) is 0 Å². The first-order valence-electron chi connectivity index (χ1n) is 5.98. The predicted octanol–water partition coefficient (Wildman–Crippen LogP) is 0.470. The summed E-state index contributed by atoms with van der Waals surface area (Å²) in [6, 6.07) is 4.52. The fourth-order valence-electron chi connectivity index (χ4n) is 1.69. The van der Waals surface area contributed by atoms with Crippen molar-refractivity contribution in [1.29, 1.82) is 0 Å². The van der Waals surface area contributed by atoms with Crippen molar-refractivity contribution in [2.24, 2.45) is 14.1 Å². The molecule has 110 valence electrons. The molecule has 0 unspecified atom stereocenters. The van der Waals surface area contributed by atoms with Crippen LogP contribution in [0.3, 0.4) is 0 Å². The molecule has 2 aromatic rings. The van der Waals surface area contributed by atoms with Gasteiger partial charge >= 0.3 is 11.7 Å². The highest BCUT2D eigenvalue weighted by atomic mass is 32.2. The second kappa shape index (κ2) is 5.96. The second-order valence-electron chi connectivity index (χ2n) is 4.35. The van der Waals surface area contributed by atoms with E-state index >= 15 is 0 Å². The zero-order valence-electron chi connectivity index (χ0n) is 11.4. The molecule has 21 heavy (non-hydrogen) atoms. The summed E-state index contributed by atoms with van der Waals surface area (Å²) in [6.45, 7) is 0. The highest BCUT2D eigenvalue weighted by Gasteiger charge is 2.08. The van der Waals surface area contributed by atoms with Crippen molar-refractivity contribution in [3.8, 4) is 0 Å². The van der Waals surface area contributed by atoms with Crippen LogP contribution in [0.5, 0.6) is 0 Å². The summed E-state index contributed by atoms with van der Waals surface area (Å²) in [5, 5.41) is 8.88. The standard InChI is InChI=1S/C13H13N3O4S/c1-15-8(5-11(17)16(2)13(15)20)7-21-9-3-4-14-10(6-9)12(18)19/h3-6H,7H2,1-2H3,(H,18,19). The smallest absolute Gasteiger partial charge is 0.354 e. The van der Waals surface area contributed by atoms with Crippen molar-refractivity contribution in [2.45, 2.75) is 10.6 Å². The van der Waals surface area contributed by atoms with Crippen molar-refractivity contribution in [1.82, 2.24) is 14.1 Å². The van der Waals surface area contributed by atoms with Gasteiger partial charge in [0.05, 0.1) is 0 Å². The van der Waals surface area contributed by atoms with Crippen LogP contribution in [0, 0.1) is 0 Å². The maximum atomic E-state index is 11.8.